The molecule has 146 valence electrons. The second-order valence-corrected chi connectivity index (χ2v) is 10.1. The molecule has 9 heteroatoms. The number of nitrogens with zero attached hydrogens (tertiary/aromatic N) is 2. The number of sulfone groups is 1. The molecule has 4 rings (SSSR count). The Bertz CT molecular complexity index is 967. The molecule has 2 saturated carbocycles. The zero-order chi connectivity index (χ0) is 19.2. The molecular formula is C18H24N4O4S. The summed E-state index contributed by atoms with van der Waals surface area (Å²) in [5.41, 5.74) is 1.02. The van der Waals surface area contributed by atoms with Crippen LogP contribution in [0.5, 0.6) is 0 Å². The van der Waals surface area contributed by atoms with Gasteiger partial charge in [-0.25, -0.2) is 13.4 Å². The number of nitro groups is 1. The summed E-state index contributed by atoms with van der Waals surface area (Å²) in [6.07, 6.45) is 7.04. The summed E-state index contributed by atoms with van der Waals surface area (Å²) in [7, 11) is -3.00. The lowest BCUT2D eigenvalue weighted by atomic mass is 10.00. The van der Waals surface area contributed by atoms with Crippen LogP contribution in [0.2, 0.25) is 0 Å². The van der Waals surface area contributed by atoms with Crippen molar-refractivity contribution in [3.8, 4) is 0 Å². The monoisotopic (exact) mass is 392 g/mol. The zero-order valence-corrected chi connectivity index (χ0v) is 16.0. The molecule has 2 heterocycles. The van der Waals surface area contributed by atoms with Crippen LogP contribution in [0.3, 0.4) is 0 Å². The minimum absolute atomic E-state index is 0.0219. The quantitative estimate of drug-likeness (QED) is 0.551. The Hall–Kier alpha value is -2.16. The third kappa shape index (κ3) is 3.52. The van der Waals surface area contributed by atoms with Crippen molar-refractivity contribution in [2.45, 2.75) is 50.3 Å². The van der Waals surface area contributed by atoms with Crippen LogP contribution in [-0.4, -0.2) is 40.4 Å². The van der Waals surface area contributed by atoms with Crippen LogP contribution in [0.1, 0.15) is 39.0 Å². The van der Waals surface area contributed by atoms with Crippen molar-refractivity contribution in [2.24, 2.45) is 11.8 Å². The number of anilines is 1. The number of rotatable bonds is 7. The molecule has 2 N–H and O–H groups in total. The fraction of sp³-hybridized carbons (Fsp3) is 0.611. The van der Waals surface area contributed by atoms with Crippen LogP contribution >= 0.6 is 0 Å². The predicted molar refractivity (Wildman–Crippen MR) is 103 cm³/mol. The summed E-state index contributed by atoms with van der Waals surface area (Å²) in [5.74, 6) is 0.650. The van der Waals surface area contributed by atoms with Gasteiger partial charge in [-0.15, -0.1) is 0 Å². The van der Waals surface area contributed by atoms with E-state index in [-0.39, 0.29) is 28.6 Å². The summed E-state index contributed by atoms with van der Waals surface area (Å²) in [5, 5.41) is 15.4. The van der Waals surface area contributed by atoms with E-state index in [1.807, 2.05) is 0 Å². The van der Waals surface area contributed by atoms with E-state index in [0.717, 1.165) is 32.1 Å². The Kier molecular flexibility index (Phi) is 4.57. The highest BCUT2D eigenvalue weighted by Crippen LogP contribution is 2.41. The Morgan fingerprint density at radius 3 is 2.81 bits per heavy atom. The molecule has 0 aliphatic heterocycles. The van der Waals surface area contributed by atoms with Gasteiger partial charge >= 0.3 is 5.69 Å². The second-order valence-electron chi connectivity index (χ2n) is 7.80. The smallest absolute Gasteiger partial charge is 0.311 e. The second kappa shape index (κ2) is 6.78. The fourth-order valence-electron chi connectivity index (χ4n) is 4.37. The third-order valence-corrected chi connectivity index (χ3v) is 8.33. The highest BCUT2D eigenvalue weighted by Gasteiger charge is 2.41. The van der Waals surface area contributed by atoms with Gasteiger partial charge in [0.2, 0.25) is 0 Å². The topological polar surface area (TPSA) is 118 Å². The number of hydrogen-bond acceptors (Lipinski definition) is 6. The average Bonchev–Trinajstić information content (AvgIpc) is 3.26. The van der Waals surface area contributed by atoms with Gasteiger partial charge in [-0.3, -0.25) is 10.1 Å². The van der Waals surface area contributed by atoms with Gasteiger partial charge in [0.25, 0.3) is 0 Å². The predicted octanol–water partition coefficient (Wildman–Crippen LogP) is 3.27. The van der Waals surface area contributed by atoms with E-state index < -0.39 is 14.8 Å². The molecule has 0 unspecified atom stereocenters. The van der Waals surface area contributed by atoms with Crippen molar-refractivity contribution in [3.05, 3.63) is 28.6 Å². The molecule has 27 heavy (non-hydrogen) atoms. The molecule has 2 aliphatic rings. The van der Waals surface area contributed by atoms with E-state index in [1.54, 1.807) is 12.3 Å². The van der Waals surface area contributed by atoms with Crippen LogP contribution in [0, 0.1) is 22.0 Å². The molecule has 2 fully saturated rings. The Labute approximate surface area is 157 Å². The standard InChI is InChI=1S/C18H24N4O4S/c1-2-12-7-11(10-27(25,26)13-3-4-13)8-15(12)21-17-14-5-6-19-18(14)20-9-16(17)22(23)24/h5-6,9,11-13,15H,2-4,7-8,10H2,1H3,(H2,19,20,21)/t11-,12+,15-/m0/s1. The van der Waals surface area contributed by atoms with Gasteiger partial charge in [-0.05, 0) is 43.6 Å². The Morgan fingerprint density at radius 2 is 2.15 bits per heavy atom. The zero-order valence-electron chi connectivity index (χ0n) is 15.2. The van der Waals surface area contributed by atoms with Crippen LogP contribution in [-0.2, 0) is 9.84 Å². The van der Waals surface area contributed by atoms with Crippen molar-refractivity contribution in [3.63, 3.8) is 0 Å². The molecule has 0 radical (unpaired) electrons. The van der Waals surface area contributed by atoms with Crippen LogP contribution in [0.25, 0.3) is 11.0 Å². The number of H-pyrrole nitrogens is 1. The maximum atomic E-state index is 12.4. The normalized spacial score (nSPS) is 25.7. The molecule has 8 nitrogen and oxygen atoms in total. The molecule has 0 amide bonds. The van der Waals surface area contributed by atoms with Gasteiger partial charge < -0.3 is 10.3 Å². The van der Waals surface area contributed by atoms with Crippen molar-refractivity contribution in [2.75, 3.05) is 11.1 Å². The van der Waals surface area contributed by atoms with Crippen molar-refractivity contribution >= 4 is 32.2 Å². The molecular weight excluding hydrogens is 368 g/mol. The van der Waals surface area contributed by atoms with Crippen LogP contribution in [0.4, 0.5) is 11.4 Å². The Morgan fingerprint density at radius 1 is 1.37 bits per heavy atom. The third-order valence-electron chi connectivity index (χ3n) is 5.91. The molecule has 0 aromatic carbocycles. The first-order chi connectivity index (χ1) is 12.9. The molecule has 0 spiro atoms. The van der Waals surface area contributed by atoms with E-state index in [1.165, 1.54) is 6.20 Å². The summed E-state index contributed by atoms with van der Waals surface area (Å²) >= 11 is 0. The first kappa shape index (κ1) is 18.2. The molecule has 2 aromatic rings. The summed E-state index contributed by atoms with van der Waals surface area (Å²) < 4.78 is 24.7. The highest BCUT2D eigenvalue weighted by molar-refractivity contribution is 7.92. The van der Waals surface area contributed by atoms with Gasteiger partial charge in [0.05, 0.1) is 15.9 Å². The lowest BCUT2D eigenvalue weighted by Gasteiger charge is -2.21. The number of aromatic nitrogens is 2. The van der Waals surface area contributed by atoms with Gasteiger partial charge in [-0.1, -0.05) is 13.3 Å². The van der Waals surface area contributed by atoms with Gasteiger partial charge in [0, 0.05) is 17.6 Å². The fourth-order valence-corrected chi connectivity index (χ4v) is 6.42. The summed E-state index contributed by atoms with van der Waals surface area (Å²) in [6, 6.07) is 1.80. The number of fused-ring (bicyclic) bond motifs is 1. The van der Waals surface area contributed by atoms with E-state index in [0.29, 0.717) is 22.6 Å². The Balaban J connectivity index is 1.58. The maximum Gasteiger partial charge on any atom is 0.311 e. The lowest BCUT2D eigenvalue weighted by molar-refractivity contribution is -0.384. The number of nitrogens with one attached hydrogen (secondary N) is 2. The van der Waals surface area contributed by atoms with E-state index in [9.17, 15) is 18.5 Å². The maximum absolute atomic E-state index is 12.4. The molecule has 2 aliphatic carbocycles. The largest absolute Gasteiger partial charge is 0.376 e. The lowest BCUT2D eigenvalue weighted by Crippen LogP contribution is -2.24. The minimum Gasteiger partial charge on any atom is -0.376 e. The summed E-state index contributed by atoms with van der Waals surface area (Å²) in [6.45, 7) is 2.09. The first-order valence-corrected chi connectivity index (χ1v) is 11.2. The van der Waals surface area contributed by atoms with Gasteiger partial charge in [-0.2, -0.15) is 0 Å². The average molecular weight is 392 g/mol. The molecule has 0 bridgehead atoms. The van der Waals surface area contributed by atoms with E-state index >= 15 is 0 Å². The van der Waals surface area contributed by atoms with Crippen molar-refractivity contribution < 1.29 is 13.3 Å². The van der Waals surface area contributed by atoms with E-state index in [2.05, 4.69) is 22.2 Å². The highest BCUT2D eigenvalue weighted by atomic mass is 32.2. The number of pyridine rings is 1. The van der Waals surface area contributed by atoms with Gasteiger partial charge in [0.15, 0.2) is 9.84 Å². The van der Waals surface area contributed by atoms with Crippen LogP contribution < -0.4 is 5.32 Å². The molecule has 3 atom stereocenters. The van der Waals surface area contributed by atoms with Crippen LogP contribution in [0.15, 0.2) is 18.5 Å². The van der Waals surface area contributed by atoms with Crippen molar-refractivity contribution in [1.29, 1.82) is 0 Å². The molecule has 2 aromatic heterocycles. The molecule has 0 saturated heterocycles. The number of aromatic amines is 1. The SMILES string of the molecule is CC[C@@H]1C[C@H](CS(=O)(=O)C2CC2)C[C@@H]1Nc1c([N+](=O)[O-])cnc2[nH]ccc12. The van der Waals surface area contributed by atoms with Crippen molar-refractivity contribution in [1.82, 2.24) is 9.97 Å². The minimum atomic E-state index is -3.00. The van der Waals surface area contributed by atoms with Gasteiger partial charge in [0.1, 0.15) is 17.5 Å². The summed E-state index contributed by atoms with van der Waals surface area (Å²) in [4.78, 5) is 18.2. The first-order valence-electron chi connectivity index (χ1n) is 9.47. The number of hydrogen-bond donors (Lipinski definition) is 2. The van der Waals surface area contributed by atoms with E-state index in [4.69, 9.17) is 0 Å².